The Morgan fingerprint density at radius 2 is 2.17 bits per heavy atom. The number of fused-ring (bicyclic) bond motifs is 1. The second kappa shape index (κ2) is 4.15. The summed E-state index contributed by atoms with van der Waals surface area (Å²) < 4.78 is 0.718. The number of hydrogen-bond donors (Lipinski definition) is 1. The van der Waals surface area contributed by atoms with Crippen molar-refractivity contribution in [2.45, 2.75) is 0 Å². The molecule has 2 heterocycles. The molecule has 0 aliphatic heterocycles. The van der Waals surface area contributed by atoms with Gasteiger partial charge in [0.05, 0.1) is 10.2 Å². The molecule has 3 rings (SSSR count). The third-order valence-electron chi connectivity index (χ3n) is 2.58. The van der Waals surface area contributed by atoms with Crippen LogP contribution in [0.1, 0.15) is 0 Å². The molecule has 0 aliphatic carbocycles. The highest BCUT2D eigenvalue weighted by Crippen LogP contribution is 2.36. The van der Waals surface area contributed by atoms with Crippen LogP contribution in [0.5, 0.6) is 0 Å². The standard InChI is InChI=1S/C12H8N4OS/c13-12-15-9-4-8(7-2-1-3-14-6-7)5-10(16-17)11(9)18-12/h1-6H,(H2,13,15). The minimum atomic E-state index is 0.362. The molecule has 0 aliphatic rings. The van der Waals surface area contributed by atoms with E-state index >= 15 is 0 Å². The van der Waals surface area contributed by atoms with Crippen molar-refractivity contribution in [2.75, 3.05) is 5.73 Å². The van der Waals surface area contributed by atoms with Crippen LogP contribution in [-0.4, -0.2) is 9.97 Å². The molecule has 18 heavy (non-hydrogen) atoms. The van der Waals surface area contributed by atoms with E-state index in [-0.39, 0.29) is 0 Å². The first-order valence-electron chi connectivity index (χ1n) is 5.22. The number of pyridine rings is 1. The molecule has 5 nitrogen and oxygen atoms in total. The molecule has 0 saturated heterocycles. The van der Waals surface area contributed by atoms with Crippen molar-refractivity contribution in [3.63, 3.8) is 0 Å². The van der Waals surface area contributed by atoms with Crippen molar-refractivity contribution in [3.8, 4) is 11.1 Å². The summed E-state index contributed by atoms with van der Waals surface area (Å²) >= 11 is 1.26. The van der Waals surface area contributed by atoms with Crippen LogP contribution in [0, 0.1) is 4.91 Å². The van der Waals surface area contributed by atoms with Crippen LogP contribution in [0.2, 0.25) is 0 Å². The summed E-state index contributed by atoms with van der Waals surface area (Å²) in [5, 5.41) is 3.47. The highest BCUT2D eigenvalue weighted by Gasteiger charge is 2.10. The van der Waals surface area contributed by atoms with Crippen molar-refractivity contribution in [3.05, 3.63) is 41.6 Å². The fourth-order valence-electron chi connectivity index (χ4n) is 1.80. The summed E-state index contributed by atoms with van der Waals surface area (Å²) in [6.07, 6.45) is 3.42. The minimum absolute atomic E-state index is 0.362. The van der Waals surface area contributed by atoms with Gasteiger partial charge in [0.2, 0.25) is 0 Å². The summed E-state index contributed by atoms with van der Waals surface area (Å²) in [6, 6.07) is 7.36. The second-order valence-electron chi connectivity index (χ2n) is 3.73. The van der Waals surface area contributed by atoms with Gasteiger partial charge in [-0.25, -0.2) is 4.98 Å². The van der Waals surface area contributed by atoms with Crippen molar-refractivity contribution >= 4 is 32.4 Å². The highest BCUT2D eigenvalue weighted by atomic mass is 32.1. The third-order valence-corrected chi connectivity index (χ3v) is 3.50. The fourth-order valence-corrected chi connectivity index (χ4v) is 2.56. The van der Waals surface area contributed by atoms with Gasteiger partial charge >= 0.3 is 0 Å². The molecule has 0 radical (unpaired) electrons. The fraction of sp³-hybridized carbons (Fsp3) is 0. The van der Waals surface area contributed by atoms with Crippen molar-refractivity contribution < 1.29 is 0 Å². The van der Waals surface area contributed by atoms with Crippen LogP contribution in [-0.2, 0) is 0 Å². The maximum atomic E-state index is 10.9. The van der Waals surface area contributed by atoms with Gasteiger partial charge in [-0.05, 0) is 28.9 Å². The van der Waals surface area contributed by atoms with Gasteiger partial charge in [0.1, 0.15) is 5.69 Å². The largest absolute Gasteiger partial charge is 0.375 e. The summed E-state index contributed by atoms with van der Waals surface area (Å²) in [5.41, 5.74) is 8.47. The van der Waals surface area contributed by atoms with E-state index in [9.17, 15) is 4.91 Å². The summed E-state index contributed by atoms with van der Waals surface area (Å²) in [5.74, 6) is 0. The Morgan fingerprint density at radius 1 is 1.28 bits per heavy atom. The number of nitrogens with two attached hydrogens (primary N) is 1. The van der Waals surface area contributed by atoms with Gasteiger partial charge in [-0.1, -0.05) is 17.4 Å². The Hall–Kier alpha value is -2.34. The Morgan fingerprint density at radius 3 is 2.89 bits per heavy atom. The molecule has 0 bridgehead atoms. The summed E-state index contributed by atoms with van der Waals surface area (Å²) in [7, 11) is 0. The molecule has 3 aromatic rings. The van der Waals surface area contributed by atoms with E-state index in [1.807, 2.05) is 18.2 Å². The van der Waals surface area contributed by atoms with Crippen LogP contribution in [0.15, 0.2) is 41.8 Å². The van der Waals surface area contributed by atoms with Gasteiger partial charge in [0.15, 0.2) is 5.13 Å². The van der Waals surface area contributed by atoms with E-state index in [4.69, 9.17) is 5.73 Å². The maximum Gasteiger partial charge on any atom is 0.181 e. The van der Waals surface area contributed by atoms with Crippen molar-refractivity contribution in [2.24, 2.45) is 5.18 Å². The van der Waals surface area contributed by atoms with Crippen molar-refractivity contribution in [1.82, 2.24) is 9.97 Å². The zero-order chi connectivity index (χ0) is 12.5. The van der Waals surface area contributed by atoms with E-state index in [1.54, 1.807) is 18.5 Å². The zero-order valence-electron chi connectivity index (χ0n) is 9.20. The molecule has 0 saturated carbocycles. The van der Waals surface area contributed by atoms with Gasteiger partial charge in [0.25, 0.3) is 0 Å². The van der Waals surface area contributed by atoms with Crippen LogP contribution in [0.25, 0.3) is 21.3 Å². The Kier molecular flexibility index (Phi) is 2.49. The topological polar surface area (TPSA) is 81.2 Å². The number of nitrogens with zero attached hydrogens (tertiary/aromatic N) is 3. The van der Waals surface area contributed by atoms with Crippen LogP contribution < -0.4 is 5.73 Å². The molecular formula is C12H8N4OS. The van der Waals surface area contributed by atoms with Crippen molar-refractivity contribution in [1.29, 1.82) is 0 Å². The van der Waals surface area contributed by atoms with Gasteiger partial charge in [-0.3, -0.25) is 4.98 Å². The first-order valence-corrected chi connectivity index (χ1v) is 6.03. The molecular weight excluding hydrogens is 248 g/mol. The van der Waals surface area contributed by atoms with Gasteiger partial charge in [-0.2, -0.15) is 0 Å². The number of aromatic nitrogens is 2. The number of benzene rings is 1. The van der Waals surface area contributed by atoms with Crippen LogP contribution >= 0.6 is 11.3 Å². The highest BCUT2D eigenvalue weighted by molar-refractivity contribution is 7.22. The van der Waals surface area contributed by atoms with E-state index in [0.29, 0.717) is 16.3 Å². The lowest BCUT2D eigenvalue weighted by Crippen LogP contribution is -1.81. The molecule has 1 aromatic carbocycles. The first kappa shape index (κ1) is 10.8. The lowest BCUT2D eigenvalue weighted by molar-refractivity contribution is 1.33. The number of anilines is 1. The van der Waals surface area contributed by atoms with E-state index < -0.39 is 0 Å². The summed E-state index contributed by atoms with van der Waals surface area (Å²) in [6.45, 7) is 0. The summed E-state index contributed by atoms with van der Waals surface area (Å²) in [4.78, 5) is 19.1. The molecule has 0 amide bonds. The quantitative estimate of drug-likeness (QED) is 0.713. The minimum Gasteiger partial charge on any atom is -0.375 e. The molecule has 0 unspecified atom stereocenters. The Bertz CT molecular complexity index is 724. The molecule has 0 atom stereocenters. The predicted octanol–water partition coefficient (Wildman–Crippen LogP) is 3.34. The zero-order valence-corrected chi connectivity index (χ0v) is 10.0. The van der Waals surface area contributed by atoms with Crippen LogP contribution in [0.4, 0.5) is 10.8 Å². The molecule has 6 heteroatoms. The van der Waals surface area contributed by atoms with Gasteiger partial charge < -0.3 is 5.73 Å². The SMILES string of the molecule is Nc1nc2cc(-c3cccnc3)cc(N=O)c2s1. The number of nitrogen functional groups attached to an aromatic ring is 1. The predicted molar refractivity (Wildman–Crippen MR) is 72.7 cm³/mol. The Labute approximate surface area is 106 Å². The maximum absolute atomic E-state index is 10.9. The average Bonchev–Trinajstić information content (AvgIpc) is 2.78. The molecule has 2 aromatic heterocycles. The van der Waals surface area contributed by atoms with Gasteiger partial charge in [-0.15, -0.1) is 4.91 Å². The Balaban J connectivity index is 2.28. The van der Waals surface area contributed by atoms with Crippen LogP contribution in [0.3, 0.4) is 0 Å². The second-order valence-corrected chi connectivity index (χ2v) is 4.76. The normalized spacial score (nSPS) is 10.7. The lowest BCUT2D eigenvalue weighted by atomic mass is 10.1. The van der Waals surface area contributed by atoms with E-state index in [1.165, 1.54) is 11.3 Å². The average molecular weight is 256 g/mol. The number of hydrogen-bond acceptors (Lipinski definition) is 6. The number of rotatable bonds is 2. The monoisotopic (exact) mass is 256 g/mol. The molecule has 2 N–H and O–H groups in total. The third kappa shape index (κ3) is 1.72. The van der Waals surface area contributed by atoms with E-state index in [2.05, 4.69) is 15.1 Å². The number of thiazole rings is 1. The first-order chi connectivity index (χ1) is 8.78. The molecule has 88 valence electrons. The molecule has 0 fully saturated rings. The smallest absolute Gasteiger partial charge is 0.181 e. The lowest BCUT2D eigenvalue weighted by Gasteiger charge is -2.01. The van der Waals surface area contributed by atoms with E-state index in [0.717, 1.165) is 15.8 Å². The number of nitroso groups, excluding NO2 is 1. The molecule has 0 spiro atoms. The van der Waals surface area contributed by atoms with Gasteiger partial charge in [0, 0.05) is 18.0 Å².